The number of nitrogens with zero attached hydrogens (tertiary/aromatic N) is 6. The lowest BCUT2D eigenvalue weighted by molar-refractivity contribution is -0.117. The number of likely N-dealkylation sites (tertiary alicyclic amines) is 1. The minimum Gasteiger partial charge on any atom is -0.457 e. The molecule has 11 heteroatoms. The molecule has 1 amide bonds. The number of imidazole rings is 1. The van der Waals surface area contributed by atoms with Gasteiger partial charge in [0.2, 0.25) is 0 Å². The number of hydrogen-bond acceptors (Lipinski definition) is 8. The fourth-order valence-corrected chi connectivity index (χ4v) is 5.30. The maximum absolute atomic E-state index is 13.8. The number of rotatable bonds is 9. The Morgan fingerprint density at radius 3 is 2.45 bits per heavy atom. The van der Waals surface area contributed by atoms with Gasteiger partial charge < -0.3 is 15.8 Å². The quantitative estimate of drug-likeness (QED) is 0.230. The van der Waals surface area contributed by atoms with E-state index in [9.17, 15) is 14.9 Å². The molecule has 2 aromatic heterocycles. The highest BCUT2D eigenvalue weighted by Crippen LogP contribution is 2.26. The molecule has 1 aliphatic heterocycles. The number of nitrogens with one attached hydrogen (secondary N) is 1. The summed E-state index contributed by atoms with van der Waals surface area (Å²) < 4.78 is 8.78. The van der Waals surface area contributed by atoms with E-state index in [0.717, 1.165) is 25.9 Å². The largest absolute Gasteiger partial charge is 0.457 e. The number of ether oxygens (including phenoxy) is 1. The number of nitrogen functional groups attached to an aromatic ring is 1. The van der Waals surface area contributed by atoms with Crippen molar-refractivity contribution in [3.05, 3.63) is 83.1 Å². The van der Waals surface area contributed by atoms with Crippen LogP contribution in [0.25, 0.3) is 16.9 Å². The molecule has 1 fully saturated rings. The summed E-state index contributed by atoms with van der Waals surface area (Å²) in [6.45, 7) is 7.75. The van der Waals surface area contributed by atoms with Crippen LogP contribution in [-0.2, 0) is 11.3 Å². The second-order valence-corrected chi connectivity index (χ2v) is 11.0. The summed E-state index contributed by atoms with van der Waals surface area (Å²) in [5.74, 6) is 0.964. The molecule has 1 atom stereocenters. The second kappa shape index (κ2) is 11.9. The Kier molecular flexibility index (Phi) is 8.08. The molecule has 0 spiro atoms. The normalized spacial score (nSPS) is 15.0. The molecule has 5 rings (SSSR count). The van der Waals surface area contributed by atoms with Crippen molar-refractivity contribution in [2.45, 2.75) is 51.7 Å². The van der Waals surface area contributed by atoms with Gasteiger partial charge in [0.15, 0.2) is 11.5 Å². The molecule has 3 N–H and O–H groups in total. The first kappa shape index (κ1) is 28.6. The summed E-state index contributed by atoms with van der Waals surface area (Å²) >= 11 is 0. The average Bonchev–Trinajstić information content (AvgIpc) is 3.62. The summed E-state index contributed by atoms with van der Waals surface area (Å²) in [4.78, 5) is 37.5. The van der Waals surface area contributed by atoms with E-state index in [1.807, 2.05) is 50.2 Å². The van der Waals surface area contributed by atoms with Crippen molar-refractivity contribution in [1.82, 2.24) is 29.3 Å². The summed E-state index contributed by atoms with van der Waals surface area (Å²) in [5, 5.41) is 12.6. The van der Waals surface area contributed by atoms with Gasteiger partial charge in [-0.25, -0.2) is 14.8 Å². The van der Waals surface area contributed by atoms with E-state index in [-0.39, 0.29) is 23.6 Å². The Hall–Kier alpha value is -4.95. The average molecular weight is 567 g/mol. The molecule has 216 valence electrons. The molecule has 0 bridgehead atoms. The van der Waals surface area contributed by atoms with Crippen LogP contribution >= 0.6 is 0 Å². The van der Waals surface area contributed by atoms with Crippen LogP contribution in [0, 0.1) is 11.3 Å². The number of para-hydroxylation sites is 1. The summed E-state index contributed by atoms with van der Waals surface area (Å²) in [7, 11) is 0. The van der Waals surface area contributed by atoms with E-state index in [1.165, 1.54) is 15.5 Å². The number of amides is 1. The highest BCUT2D eigenvalue weighted by atomic mass is 16.5. The number of carbonyl (C=O) groups is 1. The molecule has 0 aliphatic carbocycles. The standard InChI is InChI=1S/C31H34N8O3/c1-21(36-29(40)22(18-32)17-31(2,3)37-15-7-8-16-37)19-38-28-26(27(33)34-20-35-28)39(30(38)41)23-11-13-25(14-12-23)42-24-9-5-4-6-10-24/h4-6,9-14,17,20-21H,7-8,15-16,19H2,1-3H3,(H,36,40)(H2,33,34,35)/t21-/m0/s1. The first-order chi connectivity index (χ1) is 20.2. The van der Waals surface area contributed by atoms with Gasteiger partial charge >= 0.3 is 5.69 Å². The third kappa shape index (κ3) is 5.89. The van der Waals surface area contributed by atoms with Crippen molar-refractivity contribution < 1.29 is 9.53 Å². The smallest absolute Gasteiger partial charge is 0.335 e. The molecular formula is C31H34N8O3. The maximum Gasteiger partial charge on any atom is 0.335 e. The highest BCUT2D eigenvalue weighted by molar-refractivity contribution is 5.97. The van der Waals surface area contributed by atoms with Crippen LogP contribution in [0.15, 0.2) is 77.4 Å². The molecular weight excluding hydrogens is 532 g/mol. The number of aromatic nitrogens is 4. The number of carbonyl (C=O) groups excluding carboxylic acids is 1. The van der Waals surface area contributed by atoms with Gasteiger partial charge in [0.05, 0.1) is 5.69 Å². The van der Waals surface area contributed by atoms with Crippen LogP contribution in [0.5, 0.6) is 11.5 Å². The highest BCUT2D eigenvalue weighted by Gasteiger charge is 2.29. The number of hydrogen-bond donors (Lipinski definition) is 2. The van der Waals surface area contributed by atoms with E-state index in [1.54, 1.807) is 37.3 Å². The maximum atomic E-state index is 13.8. The van der Waals surface area contributed by atoms with Gasteiger partial charge in [0.25, 0.3) is 5.91 Å². The number of nitriles is 1. The van der Waals surface area contributed by atoms with Gasteiger partial charge in [-0.05, 0) is 89.2 Å². The minimum atomic E-state index is -0.501. The molecule has 3 heterocycles. The van der Waals surface area contributed by atoms with Crippen molar-refractivity contribution in [2.24, 2.45) is 0 Å². The van der Waals surface area contributed by atoms with Gasteiger partial charge in [0, 0.05) is 18.1 Å². The Labute approximate surface area is 243 Å². The van der Waals surface area contributed by atoms with Crippen molar-refractivity contribution in [2.75, 3.05) is 18.8 Å². The lowest BCUT2D eigenvalue weighted by atomic mass is 9.99. The van der Waals surface area contributed by atoms with Crippen molar-refractivity contribution in [3.8, 4) is 23.3 Å². The lowest BCUT2D eigenvalue weighted by Crippen LogP contribution is -2.42. The molecule has 1 saturated heterocycles. The lowest BCUT2D eigenvalue weighted by Gasteiger charge is -2.32. The van der Waals surface area contributed by atoms with Crippen LogP contribution in [0.1, 0.15) is 33.6 Å². The van der Waals surface area contributed by atoms with Gasteiger partial charge in [0.1, 0.15) is 35.0 Å². The molecule has 42 heavy (non-hydrogen) atoms. The Morgan fingerprint density at radius 2 is 1.79 bits per heavy atom. The van der Waals surface area contributed by atoms with Crippen LogP contribution < -0.4 is 21.5 Å². The van der Waals surface area contributed by atoms with Gasteiger partial charge in [-0.2, -0.15) is 5.26 Å². The molecule has 4 aromatic rings. The fourth-order valence-electron chi connectivity index (χ4n) is 5.30. The van der Waals surface area contributed by atoms with Gasteiger partial charge in [-0.3, -0.25) is 18.8 Å². The van der Waals surface area contributed by atoms with Gasteiger partial charge in [-0.1, -0.05) is 18.2 Å². The number of anilines is 1. The minimum absolute atomic E-state index is 0.0397. The zero-order valence-corrected chi connectivity index (χ0v) is 23.9. The number of fused-ring (bicyclic) bond motifs is 1. The first-order valence-electron chi connectivity index (χ1n) is 13.9. The van der Waals surface area contributed by atoms with Crippen LogP contribution in [0.3, 0.4) is 0 Å². The summed E-state index contributed by atoms with van der Waals surface area (Å²) in [5.41, 5.74) is 6.70. The molecule has 1 aliphatic rings. The van der Waals surface area contributed by atoms with E-state index in [4.69, 9.17) is 10.5 Å². The fraction of sp³-hybridized carbons (Fsp3) is 0.323. The molecule has 0 saturated carbocycles. The molecule has 11 nitrogen and oxygen atoms in total. The van der Waals surface area contributed by atoms with Crippen LogP contribution in [0.4, 0.5) is 5.82 Å². The van der Waals surface area contributed by atoms with E-state index >= 15 is 0 Å². The van der Waals surface area contributed by atoms with Crippen molar-refractivity contribution in [1.29, 1.82) is 5.26 Å². The number of nitrogens with two attached hydrogens (primary N) is 1. The monoisotopic (exact) mass is 566 g/mol. The predicted octanol–water partition coefficient (Wildman–Crippen LogP) is 3.79. The van der Waals surface area contributed by atoms with Gasteiger partial charge in [-0.15, -0.1) is 0 Å². The zero-order chi connectivity index (χ0) is 29.9. The summed E-state index contributed by atoms with van der Waals surface area (Å²) in [6, 6.07) is 18.0. The zero-order valence-electron chi connectivity index (χ0n) is 23.9. The number of benzene rings is 2. The van der Waals surface area contributed by atoms with Crippen molar-refractivity contribution in [3.63, 3.8) is 0 Å². The van der Waals surface area contributed by atoms with Crippen LogP contribution in [-0.4, -0.2) is 54.6 Å². The van der Waals surface area contributed by atoms with E-state index < -0.39 is 17.5 Å². The van der Waals surface area contributed by atoms with E-state index in [2.05, 4.69) is 20.2 Å². The molecule has 0 unspecified atom stereocenters. The third-order valence-electron chi connectivity index (χ3n) is 7.42. The SMILES string of the molecule is C[C@@H](Cn1c(=O)n(-c2ccc(Oc3ccccc3)cc2)c2c(N)ncnc21)NC(=O)C(C#N)=CC(C)(C)N1CCCC1. The van der Waals surface area contributed by atoms with Crippen LogP contribution in [0.2, 0.25) is 0 Å². The van der Waals surface area contributed by atoms with E-state index in [0.29, 0.717) is 28.4 Å². The third-order valence-corrected chi connectivity index (χ3v) is 7.42. The topological polar surface area (TPSA) is 144 Å². The molecule has 0 radical (unpaired) electrons. The second-order valence-electron chi connectivity index (χ2n) is 11.0. The molecule has 2 aromatic carbocycles. The summed E-state index contributed by atoms with van der Waals surface area (Å²) in [6.07, 6.45) is 5.22. The Balaban J connectivity index is 1.39. The first-order valence-corrected chi connectivity index (χ1v) is 13.9. The Morgan fingerprint density at radius 1 is 1.12 bits per heavy atom. The van der Waals surface area contributed by atoms with Crippen molar-refractivity contribution >= 4 is 22.9 Å². The predicted molar refractivity (Wildman–Crippen MR) is 160 cm³/mol. The Bertz CT molecular complexity index is 1710.